The zero-order valence-corrected chi connectivity index (χ0v) is 14.7. The summed E-state index contributed by atoms with van der Waals surface area (Å²) in [6, 6.07) is 3.59. The number of aromatic nitrogens is 4. The highest BCUT2D eigenvalue weighted by Gasteiger charge is 2.22. The van der Waals surface area contributed by atoms with Gasteiger partial charge in [0.1, 0.15) is 11.6 Å². The molecule has 3 aromatic rings. The van der Waals surface area contributed by atoms with E-state index < -0.39 is 5.67 Å². The van der Waals surface area contributed by atoms with Crippen LogP contribution in [0.4, 0.5) is 16.0 Å². The Morgan fingerprint density at radius 3 is 2.60 bits per heavy atom. The number of aryl methyl sites for hydroxylation is 1. The van der Waals surface area contributed by atoms with Gasteiger partial charge < -0.3 is 10.1 Å². The Bertz CT molecular complexity index is 908. The number of hydrogen-bond donors (Lipinski definition) is 1. The molecule has 130 valence electrons. The van der Waals surface area contributed by atoms with E-state index >= 15 is 0 Å². The highest BCUT2D eigenvalue weighted by Crippen LogP contribution is 2.29. The number of rotatable bonds is 5. The van der Waals surface area contributed by atoms with E-state index in [1.807, 2.05) is 6.07 Å². The third-order valence-corrected chi connectivity index (χ3v) is 3.84. The number of fused-ring (bicyclic) bond motifs is 1. The number of pyridine rings is 2. The van der Waals surface area contributed by atoms with Crippen molar-refractivity contribution in [3.05, 3.63) is 42.1 Å². The van der Waals surface area contributed by atoms with Gasteiger partial charge in [-0.3, -0.25) is 0 Å². The van der Waals surface area contributed by atoms with Crippen LogP contribution in [0, 0.1) is 0 Å². The first-order chi connectivity index (χ1) is 11.9. The molecule has 0 saturated carbocycles. The van der Waals surface area contributed by atoms with Crippen LogP contribution < -0.4 is 10.1 Å². The van der Waals surface area contributed by atoms with Crippen molar-refractivity contribution in [1.82, 2.24) is 19.9 Å². The summed E-state index contributed by atoms with van der Waals surface area (Å²) in [5, 5.41) is 4.96. The molecule has 0 unspecified atom stereocenters. The number of alkyl halides is 1. The molecule has 0 saturated heterocycles. The summed E-state index contributed by atoms with van der Waals surface area (Å²) in [4.78, 5) is 16.9. The smallest absolute Gasteiger partial charge is 0.222 e. The van der Waals surface area contributed by atoms with E-state index in [0.29, 0.717) is 17.5 Å². The van der Waals surface area contributed by atoms with Gasteiger partial charge in [-0.05, 0) is 43.4 Å². The SMILES string of the molecule is CCc1cnc(OC)c2cnc(Nc3ccnc(C(C)(C)F)n3)cc12. The lowest BCUT2D eigenvalue weighted by molar-refractivity contribution is 0.206. The van der Waals surface area contributed by atoms with Gasteiger partial charge in [0.05, 0.1) is 12.5 Å². The zero-order valence-electron chi connectivity index (χ0n) is 14.7. The predicted molar refractivity (Wildman–Crippen MR) is 94.9 cm³/mol. The maximum atomic E-state index is 14.0. The lowest BCUT2D eigenvalue weighted by Gasteiger charge is -2.14. The molecule has 0 aromatic carbocycles. The van der Waals surface area contributed by atoms with E-state index in [2.05, 4.69) is 32.2 Å². The van der Waals surface area contributed by atoms with Crippen molar-refractivity contribution in [3.63, 3.8) is 0 Å². The van der Waals surface area contributed by atoms with Gasteiger partial charge >= 0.3 is 0 Å². The van der Waals surface area contributed by atoms with Crippen LogP contribution in [0.1, 0.15) is 32.2 Å². The molecule has 3 rings (SSSR count). The molecule has 3 heterocycles. The van der Waals surface area contributed by atoms with Crippen molar-refractivity contribution >= 4 is 22.4 Å². The summed E-state index contributed by atoms with van der Waals surface area (Å²) in [7, 11) is 1.58. The highest BCUT2D eigenvalue weighted by molar-refractivity contribution is 5.90. The van der Waals surface area contributed by atoms with Crippen LogP contribution in [-0.4, -0.2) is 27.0 Å². The second-order valence-electron chi connectivity index (χ2n) is 6.12. The van der Waals surface area contributed by atoms with Crippen LogP contribution in [0.5, 0.6) is 5.88 Å². The monoisotopic (exact) mass is 341 g/mol. The van der Waals surface area contributed by atoms with Crippen LogP contribution in [0.2, 0.25) is 0 Å². The number of nitrogens with one attached hydrogen (secondary N) is 1. The number of anilines is 2. The average Bonchev–Trinajstić information content (AvgIpc) is 2.60. The third-order valence-electron chi connectivity index (χ3n) is 3.84. The van der Waals surface area contributed by atoms with E-state index in [-0.39, 0.29) is 5.82 Å². The molecule has 25 heavy (non-hydrogen) atoms. The Morgan fingerprint density at radius 2 is 1.92 bits per heavy atom. The van der Waals surface area contributed by atoms with Gasteiger partial charge in [0.2, 0.25) is 5.88 Å². The first-order valence-electron chi connectivity index (χ1n) is 8.03. The van der Waals surface area contributed by atoms with E-state index in [1.54, 1.807) is 25.6 Å². The Kier molecular flexibility index (Phi) is 4.48. The Balaban J connectivity index is 2.00. The van der Waals surface area contributed by atoms with Gasteiger partial charge in [0, 0.05) is 18.6 Å². The Morgan fingerprint density at radius 1 is 1.12 bits per heavy atom. The second-order valence-corrected chi connectivity index (χ2v) is 6.12. The predicted octanol–water partition coefficient (Wildman–Crippen LogP) is 3.94. The van der Waals surface area contributed by atoms with Crippen molar-refractivity contribution in [2.45, 2.75) is 32.9 Å². The van der Waals surface area contributed by atoms with Gasteiger partial charge in [-0.25, -0.2) is 24.3 Å². The second kappa shape index (κ2) is 6.58. The van der Waals surface area contributed by atoms with Crippen LogP contribution in [-0.2, 0) is 12.1 Å². The third kappa shape index (κ3) is 3.50. The van der Waals surface area contributed by atoms with E-state index in [0.717, 1.165) is 22.8 Å². The van der Waals surface area contributed by atoms with Crippen molar-refractivity contribution in [2.75, 3.05) is 12.4 Å². The Hall–Kier alpha value is -2.83. The fourth-order valence-corrected chi connectivity index (χ4v) is 2.53. The van der Waals surface area contributed by atoms with Crippen molar-refractivity contribution in [3.8, 4) is 5.88 Å². The fourth-order valence-electron chi connectivity index (χ4n) is 2.53. The van der Waals surface area contributed by atoms with Gasteiger partial charge in [0.25, 0.3) is 0 Å². The molecule has 0 radical (unpaired) electrons. The number of ether oxygens (including phenoxy) is 1. The number of halogens is 1. The Labute approximate surface area is 145 Å². The largest absolute Gasteiger partial charge is 0.481 e. The number of methoxy groups -OCH3 is 1. The fraction of sp³-hybridized carbons (Fsp3) is 0.333. The van der Waals surface area contributed by atoms with Gasteiger partial charge in [-0.1, -0.05) is 6.92 Å². The van der Waals surface area contributed by atoms with Crippen molar-refractivity contribution in [2.24, 2.45) is 0 Å². The summed E-state index contributed by atoms with van der Waals surface area (Å²) in [5.74, 6) is 1.76. The van der Waals surface area contributed by atoms with E-state index in [9.17, 15) is 4.39 Å². The maximum Gasteiger partial charge on any atom is 0.222 e. The summed E-state index contributed by atoms with van der Waals surface area (Å²) in [6.07, 6.45) is 5.88. The standard InChI is InChI=1S/C18H20FN5O/c1-5-11-9-22-16(25-4)13-10-21-15(8-12(11)13)23-14-6-7-20-17(24-14)18(2,3)19/h6-10H,5H2,1-4H3,(H,20,21,23,24). The topological polar surface area (TPSA) is 72.8 Å². The first kappa shape index (κ1) is 17.0. The molecule has 1 N–H and O–H groups in total. The molecule has 0 amide bonds. The molecule has 0 bridgehead atoms. The normalized spacial score (nSPS) is 11.6. The van der Waals surface area contributed by atoms with Crippen LogP contribution in [0.3, 0.4) is 0 Å². The summed E-state index contributed by atoms with van der Waals surface area (Å²) in [6.45, 7) is 4.91. The summed E-state index contributed by atoms with van der Waals surface area (Å²) >= 11 is 0. The number of hydrogen-bond acceptors (Lipinski definition) is 6. The average molecular weight is 341 g/mol. The van der Waals surface area contributed by atoms with Crippen molar-refractivity contribution in [1.29, 1.82) is 0 Å². The quantitative estimate of drug-likeness (QED) is 0.758. The lowest BCUT2D eigenvalue weighted by atomic mass is 10.1. The molecular formula is C18H20FN5O. The minimum Gasteiger partial charge on any atom is -0.481 e. The van der Waals surface area contributed by atoms with Gasteiger partial charge in [-0.15, -0.1) is 0 Å². The molecule has 0 atom stereocenters. The molecular weight excluding hydrogens is 321 g/mol. The van der Waals surface area contributed by atoms with Gasteiger partial charge in [0.15, 0.2) is 11.5 Å². The highest BCUT2D eigenvalue weighted by atomic mass is 19.1. The molecule has 7 heteroatoms. The van der Waals surface area contributed by atoms with E-state index in [1.165, 1.54) is 20.0 Å². The summed E-state index contributed by atoms with van der Waals surface area (Å²) in [5.41, 5.74) is -0.516. The molecule has 0 fully saturated rings. The molecule has 0 spiro atoms. The molecule has 6 nitrogen and oxygen atoms in total. The molecule has 0 aliphatic rings. The van der Waals surface area contributed by atoms with Gasteiger partial charge in [-0.2, -0.15) is 0 Å². The van der Waals surface area contributed by atoms with Crippen molar-refractivity contribution < 1.29 is 9.13 Å². The molecule has 0 aliphatic heterocycles. The molecule has 0 aliphatic carbocycles. The van der Waals surface area contributed by atoms with E-state index in [4.69, 9.17) is 4.74 Å². The maximum absolute atomic E-state index is 14.0. The minimum absolute atomic E-state index is 0.124. The molecule has 3 aromatic heterocycles. The minimum atomic E-state index is -1.61. The van der Waals surface area contributed by atoms with Crippen LogP contribution in [0.25, 0.3) is 10.8 Å². The first-order valence-corrected chi connectivity index (χ1v) is 8.03. The zero-order chi connectivity index (χ0) is 18.0. The lowest BCUT2D eigenvalue weighted by Crippen LogP contribution is -2.14. The summed E-state index contributed by atoms with van der Waals surface area (Å²) < 4.78 is 19.3. The van der Waals surface area contributed by atoms with Crippen LogP contribution in [0.15, 0.2) is 30.7 Å². The number of nitrogens with zero attached hydrogens (tertiary/aromatic N) is 4. The van der Waals surface area contributed by atoms with Crippen LogP contribution >= 0.6 is 0 Å².